The highest BCUT2D eigenvalue weighted by atomic mass is 16.5. The Hall–Kier alpha value is -1.46. The first-order chi connectivity index (χ1) is 7.27. The molecule has 5 heteroatoms. The molecule has 0 aliphatic rings. The van der Waals surface area contributed by atoms with Crippen LogP contribution in [-0.4, -0.2) is 31.2 Å². The molecule has 0 atom stereocenters. The van der Waals surface area contributed by atoms with Crippen LogP contribution in [0.3, 0.4) is 0 Å². The predicted molar refractivity (Wildman–Crippen MR) is 56.3 cm³/mol. The normalized spacial score (nSPS) is 10.0. The maximum Gasteiger partial charge on any atom is 0.339 e. The molecule has 0 saturated carbocycles. The van der Waals surface area contributed by atoms with E-state index in [4.69, 9.17) is 5.73 Å². The van der Waals surface area contributed by atoms with Crippen molar-refractivity contribution in [2.75, 3.05) is 20.2 Å². The lowest BCUT2D eigenvalue weighted by Crippen LogP contribution is -2.22. The molecule has 5 nitrogen and oxygen atoms in total. The van der Waals surface area contributed by atoms with E-state index in [0.717, 1.165) is 12.2 Å². The molecule has 1 aromatic rings. The van der Waals surface area contributed by atoms with Crippen molar-refractivity contribution in [1.29, 1.82) is 0 Å². The van der Waals surface area contributed by atoms with E-state index >= 15 is 0 Å². The molecule has 0 unspecified atom stereocenters. The number of nitrogens with one attached hydrogen (secondary N) is 1. The summed E-state index contributed by atoms with van der Waals surface area (Å²) in [5, 5.41) is 3.11. The highest BCUT2D eigenvalue weighted by Crippen LogP contribution is 2.01. The van der Waals surface area contributed by atoms with E-state index in [0.29, 0.717) is 18.7 Å². The Balaban J connectivity index is 2.52. The van der Waals surface area contributed by atoms with Gasteiger partial charge in [-0.1, -0.05) is 0 Å². The molecule has 15 heavy (non-hydrogen) atoms. The zero-order chi connectivity index (χ0) is 11.1. The third-order valence-electron chi connectivity index (χ3n) is 1.87. The monoisotopic (exact) mass is 209 g/mol. The third kappa shape index (κ3) is 3.65. The fraction of sp³-hybridized carbons (Fsp3) is 0.400. The van der Waals surface area contributed by atoms with E-state index in [9.17, 15) is 4.79 Å². The van der Waals surface area contributed by atoms with Crippen LogP contribution in [0.1, 0.15) is 16.1 Å². The van der Waals surface area contributed by atoms with E-state index in [2.05, 4.69) is 15.0 Å². The van der Waals surface area contributed by atoms with Crippen molar-refractivity contribution in [3.8, 4) is 0 Å². The Morgan fingerprint density at radius 2 is 2.40 bits per heavy atom. The quantitative estimate of drug-likeness (QED) is 0.524. The summed E-state index contributed by atoms with van der Waals surface area (Å²) < 4.78 is 4.56. The molecule has 3 N–H and O–H groups in total. The van der Waals surface area contributed by atoms with Crippen LogP contribution in [0.5, 0.6) is 0 Å². The first-order valence-corrected chi connectivity index (χ1v) is 4.72. The molecule has 0 radical (unpaired) electrons. The minimum atomic E-state index is -0.371. The van der Waals surface area contributed by atoms with Gasteiger partial charge in [0.2, 0.25) is 0 Å². The molecule has 82 valence electrons. The van der Waals surface area contributed by atoms with Crippen molar-refractivity contribution < 1.29 is 9.53 Å². The number of carbonyl (C=O) groups is 1. The molecule has 0 aliphatic carbocycles. The summed E-state index contributed by atoms with van der Waals surface area (Å²) in [7, 11) is 1.35. The van der Waals surface area contributed by atoms with E-state index in [1.807, 2.05) is 0 Å². The second-order valence-corrected chi connectivity index (χ2v) is 3.00. The van der Waals surface area contributed by atoms with Crippen LogP contribution >= 0.6 is 0 Å². The largest absolute Gasteiger partial charge is 0.465 e. The molecule has 0 saturated heterocycles. The molecule has 1 rings (SSSR count). The molecule has 0 spiro atoms. The van der Waals surface area contributed by atoms with Crippen molar-refractivity contribution in [3.63, 3.8) is 0 Å². The maximum atomic E-state index is 11.1. The van der Waals surface area contributed by atoms with Gasteiger partial charge in [0.1, 0.15) is 0 Å². The van der Waals surface area contributed by atoms with Gasteiger partial charge in [0.05, 0.1) is 18.4 Å². The van der Waals surface area contributed by atoms with Gasteiger partial charge in [-0.15, -0.1) is 0 Å². The lowest BCUT2D eigenvalue weighted by atomic mass is 10.2. The molecule has 0 aliphatic heterocycles. The second-order valence-electron chi connectivity index (χ2n) is 3.00. The average molecular weight is 209 g/mol. The van der Waals surface area contributed by atoms with Crippen LogP contribution in [0.4, 0.5) is 0 Å². The minimum absolute atomic E-state index is 0.371. The van der Waals surface area contributed by atoms with Crippen molar-refractivity contribution in [3.05, 3.63) is 29.6 Å². The summed E-state index contributed by atoms with van der Waals surface area (Å²) in [5.74, 6) is -0.371. The van der Waals surface area contributed by atoms with Gasteiger partial charge in [0, 0.05) is 25.8 Å². The smallest absolute Gasteiger partial charge is 0.339 e. The molecule has 0 bridgehead atoms. The number of hydrogen-bond donors (Lipinski definition) is 2. The number of nitrogens with two attached hydrogens (primary N) is 1. The summed E-state index contributed by atoms with van der Waals surface area (Å²) in [6.07, 6.45) is 1.51. The average Bonchev–Trinajstić information content (AvgIpc) is 2.29. The number of ether oxygens (including phenoxy) is 1. The number of pyridine rings is 1. The molecule has 1 aromatic heterocycles. The van der Waals surface area contributed by atoms with Gasteiger partial charge in [0.25, 0.3) is 0 Å². The number of aromatic nitrogens is 1. The highest BCUT2D eigenvalue weighted by molar-refractivity contribution is 5.88. The number of methoxy groups -OCH3 is 1. The van der Waals surface area contributed by atoms with Crippen molar-refractivity contribution in [2.45, 2.75) is 6.54 Å². The zero-order valence-corrected chi connectivity index (χ0v) is 8.69. The van der Waals surface area contributed by atoms with Gasteiger partial charge in [-0.3, -0.25) is 4.98 Å². The van der Waals surface area contributed by atoms with Gasteiger partial charge in [0.15, 0.2) is 0 Å². The van der Waals surface area contributed by atoms with E-state index in [-0.39, 0.29) is 5.97 Å². The van der Waals surface area contributed by atoms with E-state index in [1.54, 1.807) is 12.1 Å². The lowest BCUT2D eigenvalue weighted by Gasteiger charge is -2.03. The van der Waals surface area contributed by atoms with Gasteiger partial charge in [-0.25, -0.2) is 4.79 Å². The van der Waals surface area contributed by atoms with Crippen LogP contribution in [0.15, 0.2) is 18.3 Å². The molecular formula is C10H15N3O2. The Kier molecular flexibility index (Phi) is 4.73. The number of rotatable bonds is 5. The Labute approximate surface area is 88.6 Å². The zero-order valence-electron chi connectivity index (χ0n) is 8.69. The van der Waals surface area contributed by atoms with Gasteiger partial charge in [-0.05, 0) is 12.1 Å². The number of hydrogen-bond acceptors (Lipinski definition) is 5. The number of esters is 1. The number of carbonyl (C=O) groups excluding carboxylic acids is 1. The molecule has 0 fully saturated rings. The molecule has 0 amide bonds. The van der Waals surface area contributed by atoms with E-state index in [1.165, 1.54) is 13.3 Å². The first-order valence-electron chi connectivity index (χ1n) is 4.72. The van der Waals surface area contributed by atoms with Crippen molar-refractivity contribution >= 4 is 5.97 Å². The van der Waals surface area contributed by atoms with Crippen LogP contribution in [0.2, 0.25) is 0 Å². The van der Waals surface area contributed by atoms with Gasteiger partial charge < -0.3 is 15.8 Å². The summed E-state index contributed by atoms with van der Waals surface area (Å²) in [6.45, 7) is 2.00. The summed E-state index contributed by atoms with van der Waals surface area (Å²) in [4.78, 5) is 15.2. The molecule has 1 heterocycles. The van der Waals surface area contributed by atoms with Crippen LogP contribution in [0, 0.1) is 0 Å². The van der Waals surface area contributed by atoms with Gasteiger partial charge >= 0.3 is 5.97 Å². The standard InChI is InChI=1S/C10H15N3O2/c1-15-10(14)8-2-3-9(13-6-8)7-12-5-4-11/h2-3,6,12H,4-5,7,11H2,1H3. The SMILES string of the molecule is COC(=O)c1ccc(CNCCN)nc1. The van der Waals surface area contributed by atoms with Crippen LogP contribution in [-0.2, 0) is 11.3 Å². The highest BCUT2D eigenvalue weighted by Gasteiger charge is 2.04. The van der Waals surface area contributed by atoms with Crippen molar-refractivity contribution in [2.24, 2.45) is 5.73 Å². The topological polar surface area (TPSA) is 77.2 Å². The molecular weight excluding hydrogens is 194 g/mol. The van der Waals surface area contributed by atoms with Crippen molar-refractivity contribution in [1.82, 2.24) is 10.3 Å². The third-order valence-corrected chi connectivity index (χ3v) is 1.87. The number of nitrogens with zero attached hydrogens (tertiary/aromatic N) is 1. The fourth-order valence-corrected chi connectivity index (χ4v) is 1.09. The summed E-state index contributed by atoms with van der Waals surface area (Å²) in [5.41, 5.74) is 6.66. The fourth-order valence-electron chi connectivity index (χ4n) is 1.09. The van der Waals surface area contributed by atoms with E-state index < -0.39 is 0 Å². The lowest BCUT2D eigenvalue weighted by molar-refractivity contribution is 0.0600. The maximum absolute atomic E-state index is 11.1. The minimum Gasteiger partial charge on any atom is -0.465 e. The predicted octanol–water partition coefficient (Wildman–Crippen LogP) is -0.0835. The Morgan fingerprint density at radius 1 is 1.60 bits per heavy atom. The molecule has 0 aromatic carbocycles. The Morgan fingerprint density at radius 3 is 2.93 bits per heavy atom. The Bertz CT molecular complexity index is 311. The first kappa shape index (κ1) is 11.6. The summed E-state index contributed by atoms with van der Waals surface area (Å²) >= 11 is 0. The van der Waals surface area contributed by atoms with Crippen LogP contribution in [0.25, 0.3) is 0 Å². The van der Waals surface area contributed by atoms with Crippen LogP contribution < -0.4 is 11.1 Å². The summed E-state index contributed by atoms with van der Waals surface area (Å²) in [6, 6.07) is 3.48. The van der Waals surface area contributed by atoms with Gasteiger partial charge in [-0.2, -0.15) is 0 Å². The second kappa shape index (κ2) is 6.10.